The van der Waals surface area contributed by atoms with Crippen molar-refractivity contribution in [1.29, 1.82) is 0 Å². The number of hydrogen-bond acceptors (Lipinski definition) is 3. The normalized spacial score (nSPS) is 24.6. The lowest BCUT2D eigenvalue weighted by Gasteiger charge is -2.32. The standard InChI is InChI=1S/C12H24N2S/c1-15-9-6-13-12-4-7-14(8-5-12)10-11-2-3-11/h11-13H,2-10H2,1H3. The van der Waals surface area contributed by atoms with Crippen LogP contribution in [0.25, 0.3) is 0 Å². The van der Waals surface area contributed by atoms with Crippen LogP contribution in [0.1, 0.15) is 25.7 Å². The van der Waals surface area contributed by atoms with Crippen LogP contribution in [0.5, 0.6) is 0 Å². The van der Waals surface area contributed by atoms with Crippen molar-refractivity contribution in [3.05, 3.63) is 0 Å². The molecule has 1 saturated heterocycles. The van der Waals surface area contributed by atoms with Gasteiger partial charge in [-0.1, -0.05) is 0 Å². The van der Waals surface area contributed by atoms with Gasteiger partial charge in [0.05, 0.1) is 0 Å². The first-order chi connectivity index (χ1) is 7.38. The van der Waals surface area contributed by atoms with E-state index in [4.69, 9.17) is 0 Å². The van der Waals surface area contributed by atoms with Crippen LogP contribution in [0.3, 0.4) is 0 Å². The number of likely N-dealkylation sites (tertiary alicyclic amines) is 1. The molecule has 0 aromatic rings. The second kappa shape index (κ2) is 6.12. The second-order valence-corrected chi connectivity index (χ2v) is 5.95. The molecule has 0 aromatic carbocycles. The number of nitrogens with one attached hydrogen (secondary N) is 1. The second-order valence-electron chi connectivity index (χ2n) is 4.97. The molecule has 1 aliphatic carbocycles. The molecule has 0 atom stereocenters. The highest BCUT2D eigenvalue weighted by Gasteiger charge is 2.26. The zero-order valence-electron chi connectivity index (χ0n) is 9.87. The number of nitrogens with zero attached hydrogens (tertiary/aromatic N) is 1. The van der Waals surface area contributed by atoms with Gasteiger partial charge in [-0.2, -0.15) is 11.8 Å². The summed E-state index contributed by atoms with van der Waals surface area (Å²) in [4.78, 5) is 2.67. The van der Waals surface area contributed by atoms with Gasteiger partial charge in [-0.3, -0.25) is 0 Å². The van der Waals surface area contributed by atoms with E-state index in [-0.39, 0.29) is 0 Å². The maximum atomic E-state index is 3.66. The Bertz CT molecular complexity index is 174. The zero-order chi connectivity index (χ0) is 10.5. The summed E-state index contributed by atoms with van der Waals surface area (Å²) in [7, 11) is 0. The van der Waals surface area contributed by atoms with Gasteiger partial charge in [0, 0.05) is 24.9 Å². The Hall–Kier alpha value is 0.270. The third-order valence-electron chi connectivity index (χ3n) is 3.54. The van der Waals surface area contributed by atoms with Crippen LogP contribution in [0.4, 0.5) is 0 Å². The summed E-state index contributed by atoms with van der Waals surface area (Å²) in [5.74, 6) is 2.31. The lowest BCUT2D eigenvalue weighted by molar-refractivity contribution is 0.192. The molecule has 2 nitrogen and oxygen atoms in total. The average molecular weight is 228 g/mol. The highest BCUT2D eigenvalue weighted by Crippen LogP contribution is 2.30. The third kappa shape index (κ3) is 4.33. The van der Waals surface area contributed by atoms with Crippen LogP contribution in [-0.4, -0.2) is 49.1 Å². The minimum atomic E-state index is 0.799. The van der Waals surface area contributed by atoms with Crippen molar-refractivity contribution in [2.75, 3.05) is 38.2 Å². The van der Waals surface area contributed by atoms with E-state index in [1.807, 2.05) is 11.8 Å². The molecule has 15 heavy (non-hydrogen) atoms. The van der Waals surface area contributed by atoms with Gasteiger partial charge < -0.3 is 10.2 Å². The van der Waals surface area contributed by atoms with Crippen LogP contribution in [-0.2, 0) is 0 Å². The zero-order valence-corrected chi connectivity index (χ0v) is 10.7. The van der Waals surface area contributed by atoms with Crippen molar-refractivity contribution in [3.8, 4) is 0 Å². The molecule has 0 spiro atoms. The monoisotopic (exact) mass is 228 g/mol. The Balaban J connectivity index is 1.54. The first-order valence-corrected chi connectivity index (χ1v) is 7.72. The van der Waals surface area contributed by atoms with E-state index >= 15 is 0 Å². The minimum Gasteiger partial charge on any atom is -0.313 e. The molecule has 1 aliphatic heterocycles. The maximum absolute atomic E-state index is 3.66. The fourth-order valence-corrected chi connectivity index (χ4v) is 2.67. The number of hydrogen-bond donors (Lipinski definition) is 1. The Morgan fingerprint density at radius 3 is 2.53 bits per heavy atom. The van der Waals surface area contributed by atoms with Gasteiger partial charge in [0.2, 0.25) is 0 Å². The Kier molecular flexibility index (Phi) is 4.79. The summed E-state index contributed by atoms with van der Waals surface area (Å²) in [5.41, 5.74) is 0. The number of thioether (sulfide) groups is 1. The molecule has 0 amide bonds. The van der Waals surface area contributed by atoms with Crippen LogP contribution < -0.4 is 5.32 Å². The lowest BCUT2D eigenvalue weighted by atomic mass is 10.0. The lowest BCUT2D eigenvalue weighted by Crippen LogP contribution is -2.43. The van der Waals surface area contributed by atoms with Crippen molar-refractivity contribution in [2.24, 2.45) is 5.92 Å². The largest absolute Gasteiger partial charge is 0.313 e. The smallest absolute Gasteiger partial charge is 0.00917 e. The van der Waals surface area contributed by atoms with Crippen LogP contribution in [0.2, 0.25) is 0 Å². The summed E-state index contributed by atoms with van der Waals surface area (Å²) in [6.07, 6.45) is 7.89. The highest BCUT2D eigenvalue weighted by atomic mass is 32.2. The minimum absolute atomic E-state index is 0.799. The van der Waals surface area contributed by atoms with E-state index in [0.717, 1.165) is 12.0 Å². The predicted octanol–water partition coefficient (Wildman–Crippen LogP) is 1.81. The van der Waals surface area contributed by atoms with Crippen LogP contribution >= 0.6 is 11.8 Å². The molecule has 88 valence electrons. The Morgan fingerprint density at radius 2 is 1.93 bits per heavy atom. The van der Waals surface area contributed by atoms with Crippen LogP contribution in [0, 0.1) is 5.92 Å². The fraction of sp³-hybridized carbons (Fsp3) is 1.00. The highest BCUT2D eigenvalue weighted by molar-refractivity contribution is 7.98. The van der Waals surface area contributed by atoms with E-state index in [1.54, 1.807) is 0 Å². The van der Waals surface area contributed by atoms with E-state index < -0.39 is 0 Å². The third-order valence-corrected chi connectivity index (χ3v) is 4.15. The first kappa shape index (κ1) is 11.7. The summed E-state index contributed by atoms with van der Waals surface area (Å²) in [5, 5.41) is 3.66. The maximum Gasteiger partial charge on any atom is 0.00917 e. The van der Waals surface area contributed by atoms with Crippen molar-refractivity contribution in [1.82, 2.24) is 10.2 Å². The molecule has 2 fully saturated rings. The number of rotatable bonds is 6. The van der Waals surface area contributed by atoms with Gasteiger partial charge >= 0.3 is 0 Å². The van der Waals surface area contributed by atoms with E-state index in [1.165, 1.54) is 57.6 Å². The number of piperidine rings is 1. The quantitative estimate of drug-likeness (QED) is 0.698. The Labute approximate surface area is 98.2 Å². The molecule has 2 rings (SSSR count). The van der Waals surface area contributed by atoms with Crippen LogP contribution in [0.15, 0.2) is 0 Å². The van der Waals surface area contributed by atoms with Gasteiger partial charge in [0.1, 0.15) is 0 Å². The fourth-order valence-electron chi connectivity index (χ4n) is 2.35. The predicted molar refractivity (Wildman–Crippen MR) is 68.6 cm³/mol. The average Bonchev–Trinajstić information content (AvgIpc) is 3.05. The summed E-state index contributed by atoms with van der Waals surface area (Å²) in [6.45, 7) is 5.23. The molecule has 0 radical (unpaired) electrons. The molecule has 2 aliphatic rings. The van der Waals surface area contributed by atoms with Crippen molar-refractivity contribution in [3.63, 3.8) is 0 Å². The first-order valence-electron chi connectivity index (χ1n) is 6.33. The SMILES string of the molecule is CSCCNC1CCN(CC2CC2)CC1. The van der Waals surface area contributed by atoms with E-state index in [2.05, 4.69) is 16.5 Å². The van der Waals surface area contributed by atoms with E-state index in [9.17, 15) is 0 Å². The molecule has 0 unspecified atom stereocenters. The topological polar surface area (TPSA) is 15.3 Å². The molecule has 1 heterocycles. The van der Waals surface area contributed by atoms with Gasteiger partial charge in [-0.05, 0) is 50.9 Å². The molecule has 0 aromatic heterocycles. The molecular formula is C12H24N2S. The van der Waals surface area contributed by atoms with Crippen molar-refractivity contribution >= 4 is 11.8 Å². The van der Waals surface area contributed by atoms with Gasteiger partial charge in [0.15, 0.2) is 0 Å². The molecular weight excluding hydrogens is 204 g/mol. The van der Waals surface area contributed by atoms with E-state index in [0.29, 0.717) is 0 Å². The molecule has 3 heteroatoms. The van der Waals surface area contributed by atoms with Crippen molar-refractivity contribution in [2.45, 2.75) is 31.7 Å². The van der Waals surface area contributed by atoms with Gasteiger partial charge in [-0.25, -0.2) is 0 Å². The van der Waals surface area contributed by atoms with Gasteiger partial charge in [0.25, 0.3) is 0 Å². The van der Waals surface area contributed by atoms with Gasteiger partial charge in [-0.15, -0.1) is 0 Å². The molecule has 0 bridgehead atoms. The van der Waals surface area contributed by atoms with Crippen molar-refractivity contribution < 1.29 is 0 Å². The molecule has 1 N–H and O–H groups in total. The summed E-state index contributed by atoms with van der Waals surface area (Å²) < 4.78 is 0. The summed E-state index contributed by atoms with van der Waals surface area (Å²) >= 11 is 1.93. The Morgan fingerprint density at radius 1 is 1.20 bits per heavy atom. The molecule has 1 saturated carbocycles. The summed E-state index contributed by atoms with van der Waals surface area (Å²) in [6, 6.07) is 0.799.